The van der Waals surface area contributed by atoms with Crippen LogP contribution in [-0.2, 0) is 4.79 Å². The minimum Gasteiger partial charge on any atom is -0.493 e. The van der Waals surface area contributed by atoms with Gasteiger partial charge in [0.25, 0.3) is 0 Å². The Morgan fingerprint density at radius 1 is 1.04 bits per heavy atom. The summed E-state index contributed by atoms with van der Waals surface area (Å²) in [7, 11) is 0. The Kier molecular flexibility index (Phi) is 6.33. The van der Waals surface area contributed by atoms with Gasteiger partial charge in [-0.05, 0) is 88.0 Å². The number of para-hydroxylation sites is 1. The van der Waals surface area contributed by atoms with Crippen LogP contribution in [0.2, 0.25) is 0 Å². The molecule has 0 spiro atoms. The number of amides is 1. The molecular formula is C23H34N2O2. The number of hydrogen-bond acceptors (Lipinski definition) is 3. The molecule has 0 aliphatic carbocycles. The number of hydrogen-bond donors (Lipinski definition) is 0. The van der Waals surface area contributed by atoms with E-state index in [9.17, 15) is 4.79 Å². The lowest BCUT2D eigenvalue weighted by Crippen LogP contribution is -2.39. The second kappa shape index (κ2) is 9.09. The predicted molar refractivity (Wildman–Crippen MR) is 108 cm³/mol. The molecule has 3 aliphatic rings. The van der Waals surface area contributed by atoms with Crippen LogP contribution in [0.25, 0.3) is 0 Å². The predicted octanol–water partition coefficient (Wildman–Crippen LogP) is 4.06. The van der Waals surface area contributed by atoms with Crippen molar-refractivity contribution in [2.75, 3.05) is 39.3 Å². The van der Waals surface area contributed by atoms with E-state index in [2.05, 4.69) is 21.9 Å². The second-order valence-electron chi connectivity index (χ2n) is 8.59. The number of fused-ring (bicyclic) bond motifs is 1. The van der Waals surface area contributed by atoms with E-state index >= 15 is 0 Å². The molecule has 4 nitrogen and oxygen atoms in total. The molecule has 3 aliphatic heterocycles. The van der Waals surface area contributed by atoms with Crippen molar-refractivity contribution in [3.63, 3.8) is 0 Å². The van der Waals surface area contributed by atoms with Crippen LogP contribution in [0.15, 0.2) is 24.3 Å². The Morgan fingerprint density at radius 3 is 2.63 bits per heavy atom. The molecule has 1 atom stereocenters. The van der Waals surface area contributed by atoms with Gasteiger partial charge in [0.05, 0.1) is 6.61 Å². The highest BCUT2D eigenvalue weighted by Gasteiger charge is 2.28. The summed E-state index contributed by atoms with van der Waals surface area (Å²) in [5, 5.41) is 0. The highest BCUT2D eigenvalue weighted by Crippen LogP contribution is 2.36. The summed E-state index contributed by atoms with van der Waals surface area (Å²) in [6.07, 6.45) is 9.42. The van der Waals surface area contributed by atoms with Crippen LogP contribution in [-0.4, -0.2) is 55.0 Å². The number of carbonyl (C=O) groups is 1. The highest BCUT2D eigenvalue weighted by atomic mass is 16.5. The standard InChI is InChI=1S/C23H34N2O2/c26-23(18-20-11-17-27-22-8-2-1-7-21(20)22)25-15-9-19(10-16-25)6-5-14-24-12-3-4-13-24/h1-2,7-8,19-20H,3-6,9-18H2/t20-/m1/s1. The zero-order chi connectivity index (χ0) is 18.5. The third-order valence-electron chi connectivity index (χ3n) is 6.76. The number of carbonyl (C=O) groups excluding carboxylic acids is 1. The van der Waals surface area contributed by atoms with Gasteiger partial charge >= 0.3 is 0 Å². The first kappa shape index (κ1) is 18.8. The summed E-state index contributed by atoms with van der Waals surface area (Å²) in [5.41, 5.74) is 1.22. The molecule has 4 heteroatoms. The van der Waals surface area contributed by atoms with E-state index in [1.165, 1.54) is 63.7 Å². The zero-order valence-corrected chi connectivity index (χ0v) is 16.6. The van der Waals surface area contributed by atoms with Gasteiger partial charge in [-0.3, -0.25) is 4.79 Å². The largest absolute Gasteiger partial charge is 0.493 e. The third-order valence-corrected chi connectivity index (χ3v) is 6.76. The number of likely N-dealkylation sites (tertiary alicyclic amines) is 2. The van der Waals surface area contributed by atoms with Gasteiger partial charge in [-0.1, -0.05) is 18.2 Å². The average molecular weight is 371 g/mol. The number of ether oxygens (including phenoxy) is 1. The van der Waals surface area contributed by atoms with E-state index in [0.29, 0.717) is 18.2 Å². The fourth-order valence-electron chi connectivity index (χ4n) is 5.05. The number of nitrogens with zero attached hydrogens (tertiary/aromatic N) is 2. The van der Waals surface area contributed by atoms with Gasteiger partial charge in [0, 0.05) is 19.5 Å². The molecule has 0 radical (unpaired) electrons. The van der Waals surface area contributed by atoms with Gasteiger partial charge in [-0.2, -0.15) is 0 Å². The van der Waals surface area contributed by atoms with Crippen LogP contribution >= 0.6 is 0 Å². The van der Waals surface area contributed by atoms with Gasteiger partial charge < -0.3 is 14.5 Å². The fraction of sp³-hybridized carbons (Fsp3) is 0.696. The van der Waals surface area contributed by atoms with Crippen LogP contribution in [0.5, 0.6) is 5.75 Å². The first-order valence-corrected chi connectivity index (χ1v) is 11.0. The molecular weight excluding hydrogens is 336 g/mol. The topological polar surface area (TPSA) is 32.8 Å². The quantitative estimate of drug-likeness (QED) is 0.757. The molecule has 0 bridgehead atoms. The van der Waals surface area contributed by atoms with Crippen molar-refractivity contribution in [2.45, 2.75) is 57.3 Å². The smallest absolute Gasteiger partial charge is 0.223 e. The van der Waals surface area contributed by atoms with E-state index in [0.717, 1.165) is 37.8 Å². The summed E-state index contributed by atoms with van der Waals surface area (Å²) in [6, 6.07) is 8.22. The van der Waals surface area contributed by atoms with Gasteiger partial charge in [0.1, 0.15) is 5.75 Å². The number of piperidine rings is 1. The van der Waals surface area contributed by atoms with Crippen LogP contribution in [0.1, 0.15) is 62.8 Å². The van der Waals surface area contributed by atoms with Crippen molar-refractivity contribution in [3.8, 4) is 5.75 Å². The molecule has 27 heavy (non-hydrogen) atoms. The molecule has 2 saturated heterocycles. The van der Waals surface area contributed by atoms with Crippen molar-refractivity contribution in [1.82, 2.24) is 9.80 Å². The summed E-state index contributed by atoms with van der Waals surface area (Å²) < 4.78 is 5.74. The normalized spacial score (nSPS) is 23.9. The minimum atomic E-state index is 0.320. The van der Waals surface area contributed by atoms with Crippen molar-refractivity contribution in [1.29, 1.82) is 0 Å². The second-order valence-corrected chi connectivity index (χ2v) is 8.59. The summed E-state index contributed by atoms with van der Waals surface area (Å²) >= 11 is 0. The molecule has 3 heterocycles. The first-order valence-electron chi connectivity index (χ1n) is 11.0. The summed E-state index contributed by atoms with van der Waals surface area (Å²) in [6.45, 7) is 6.54. The van der Waals surface area contributed by atoms with Crippen molar-refractivity contribution in [2.24, 2.45) is 5.92 Å². The van der Waals surface area contributed by atoms with Crippen LogP contribution in [0.3, 0.4) is 0 Å². The average Bonchev–Trinajstić information content (AvgIpc) is 3.22. The molecule has 1 aromatic rings. The Bertz CT molecular complexity index is 619. The zero-order valence-electron chi connectivity index (χ0n) is 16.6. The van der Waals surface area contributed by atoms with Crippen LogP contribution in [0, 0.1) is 5.92 Å². The lowest BCUT2D eigenvalue weighted by Gasteiger charge is -2.34. The highest BCUT2D eigenvalue weighted by molar-refractivity contribution is 5.77. The SMILES string of the molecule is O=C(C[C@H]1CCOc2ccccc21)N1CCC(CCCN2CCCC2)CC1. The van der Waals surface area contributed by atoms with E-state index in [1.807, 2.05) is 12.1 Å². The van der Waals surface area contributed by atoms with Gasteiger partial charge in [-0.15, -0.1) is 0 Å². The van der Waals surface area contributed by atoms with Crippen molar-refractivity contribution < 1.29 is 9.53 Å². The van der Waals surface area contributed by atoms with Gasteiger partial charge in [0.15, 0.2) is 0 Å². The molecule has 0 unspecified atom stereocenters. The molecule has 4 rings (SSSR count). The molecule has 0 N–H and O–H groups in total. The number of benzene rings is 1. The van der Waals surface area contributed by atoms with E-state index in [4.69, 9.17) is 4.74 Å². The maximum Gasteiger partial charge on any atom is 0.223 e. The molecule has 2 fully saturated rings. The lowest BCUT2D eigenvalue weighted by atomic mass is 9.88. The van der Waals surface area contributed by atoms with Crippen LogP contribution in [0.4, 0.5) is 0 Å². The molecule has 0 aromatic heterocycles. The van der Waals surface area contributed by atoms with Gasteiger partial charge in [-0.25, -0.2) is 0 Å². The Morgan fingerprint density at radius 2 is 1.81 bits per heavy atom. The fourth-order valence-corrected chi connectivity index (χ4v) is 5.05. The monoisotopic (exact) mass is 370 g/mol. The lowest BCUT2D eigenvalue weighted by molar-refractivity contribution is -0.133. The third kappa shape index (κ3) is 4.84. The van der Waals surface area contributed by atoms with E-state index in [1.54, 1.807) is 0 Å². The molecule has 0 saturated carbocycles. The Hall–Kier alpha value is -1.55. The maximum absolute atomic E-state index is 12.8. The van der Waals surface area contributed by atoms with Crippen LogP contribution < -0.4 is 4.74 Å². The summed E-state index contributed by atoms with van der Waals surface area (Å²) in [5.74, 6) is 2.45. The Labute approximate surface area is 163 Å². The molecule has 148 valence electrons. The van der Waals surface area contributed by atoms with E-state index < -0.39 is 0 Å². The Balaban J connectivity index is 1.20. The maximum atomic E-state index is 12.8. The minimum absolute atomic E-state index is 0.320. The van der Waals surface area contributed by atoms with Crippen molar-refractivity contribution >= 4 is 5.91 Å². The van der Waals surface area contributed by atoms with Gasteiger partial charge in [0.2, 0.25) is 5.91 Å². The van der Waals surface area contributed by atoms with Crippen molar-refractivity contribution in [3.05, 3.63) is 29.8 Å². The molecule has 1 aromatic carbocycles. The number of rotatable bonds is 6. The molecule has 1 amide bonds. The summed E-state index contributed by atoms with van der Waals surface area (Å²) in [4.78, 5) is 17.6. The van der Waals surface area contributed by atoms with E-state index in [-0.39, 0.29) is 0 Å². The first-order chi connectivity index (χ1) is 13.3.